The Hall–Kier alpha value is -0.200. The average Bonchev–Trinajstić information content (AvgIpc) is 1.95. The summed E-state index contributed by atoms with van der Waals surface area (Å²) in [5.74, 6) is 0. The first-order valence-corrected chi connectivity index (χ1v) is 6.47. The molecular formula is C4BrF9O2S. The van der Waals surface area contributed by atoms with E-state index in [0.29, 0.717) is 0 Å². The molecule has 2 nitrogen and oxygen atoms in total. The largest absolute Gasteiger partial charge is 0.439 e. The predicted molar refractivity (Wildman–Crippen MR) is 38.7 cm³/mol. The van der Waals surface area contributed by atoms with E-state index in [2.05, 4.69) is 0 Å². The molecule has 0 heterocycles. The van der Waals surface area contributed by atoms with Gasteiger partial charge in [-0.2, -0.15) is 35.1 Å². The van der Waals surface area contributed by atoms with Crippen molar-refractivity contribution >= 4 is 23.1 Å². The molecule has 13 heteroatoms. The number of hydrogen-bond acceptors (Lipinski definition) is 2. The van der Waals surface area contributed by atoms with E-state index < -0.39 is 31.5 Å². The molecule has 0 rings (SSSR count). The van der Waals surface area contributed by atoms with E-state index in [0.717, 1.165) is 14.8 Å². The average molecular weight is 363 g/mol. The van der Waals surface area contributed by atoms with E-state index in [-0.39, 0.29) is 0 Å². The second-order valence-electron chi connectivity index (χ2n) is 2.61. The van der Waals surface area contributed by atoms with Crippen LogP contribution in [0.5, 0.6) is 0 Å². The van der Waals surface area contributed by atoms with E-state index >= 15 is 0 Å². The summed E-state index contributed by atoms with van der Waals surface area (Å²) >= 11 is 0.903. The smallest absolute Gasteiger partial charge is 0.215 e. The number of halogens is 10. The Morgan fingerprint density at radius 2 is 0.941 bits per heavy atom. The predicted octanol–water partition coefficient (Wildman–Crippen LogP) is 3.14. The van der Waals surface area contributed by atoms with Crippen molar-refractivity contribution in [3.05, 3.63) is 0 Å². The van der Waals surface area contributed by atoms with Crippen LogP contribution in [0.3, 0.4) is 0 Å². The van der Waals surface area contributed by atoms with E-state index in [9.17, 15) is 47.9 Å². The first-order valence-electron chi connectivity index (χ1n) is 3.14. The van der Waals surface area contributed by atoms with E-state index in [1.165, 1.54) is 0 Å². The van der Waals surface area contributed by atoms with Crippen LogP contribution in [-0.2, 0) is 8.27 Å². The molecule has 0 aliphatic rings. The molecule has 0 bridgehead atoms. The fourth-order valence-corrected chi connectivity index (χ4v) is 1.90. The van der Waals surface area contributed by atoms with Crippen molar-refractivity contribution in [2.75, 3.05) is 0 Å². The van der Waals surface area contributed by atoms with Crippen molar-refractivity contribution in [3.8, 4) is 0 Å². The number of rotatable bonds is 2. The summed E-state index contributed by atoms with van der Waals surface area (Å²) in [5, 5.41) is -6.77. The molecule has 0 fully saturated rings. The molecule has 0 saturated carbocycles. The van der Waals surface area contributed by atoms with Crippen molar-refractivity contribution < 1.29 is 47.9 Å². The molecule has 0 aliphatic carbocycles. The third-order valence-corrected chi connectivity index (χ3v) is 3.60. The highest BCUT2D eigenvalue weighted by Gasteiger charge is 2.88. The lowest BCUT2D eigenvalue weighted by Crippen LogP contribution is -2.66. The Morgan fingerprint density at radius 3 is 1.00 bits per heavy atom. The summed E-state index contributed by atoms with van der Waals surface area (Å²) in [6, 6.07) is 0. The van der Waals surface area contributed by atoms with Gasteiger partial charge in [0.1, 0.15) is 0 Å². The van der Waals surface area contributed by atoms with Crippen molar-refractivity contribution in [3.63, 3.8) is 0 Å². The number of alkyl halides is 9. The normalized spacial score (nSPS) is 16.1. The molecule has 17 heavy (non-hydrogen) atoms. The quantitative estimate of drug-likeness (QED) is 0.558. The molecule has 0 radical (unpaired) electrons. The highest BCUT2D eigenvalue weighted by molar-refractivity contribution is 9.47. The van der Waals surface area contributed by atoms with Gasteiger partial charge in [0.25, 0.3) is 8.27 Å². The van der Waals surface area contributed by atoms with Gasteiger partial charge < -0.3 is 0 Å². The SMILES string of the molecule is O=S(=O)(Br)C(F)(F)C(F)(C(F)(F)F)C(F)(F)F. The van der Waals surface area contributed by atoms with Crippen molar-refractivity contribution in [2.24, 2.45) is 0 Å². The molecule has 0 aliphatic heterocycles. The van der Waals surface area contributed by atoms with Crippen LogP contribution in [0.4, 0.5) is 39.5 Å². The van der Waals surface area contributed by atoms with E-state index in [1.807, 2.05) is 0 Å². The minimum Gasteiger partial charge on any atom is -0.215 e. The van der Waals surface area contributed by atoms with E-state index in [4.69, 9.17) is 0 Å². The second kappa shape index (κ2) is 3.90. The zero-order valence-corrected chi connectivity index (χ0v) is 9.41. The fraction of sp³-hybridized carbons (Fsp3) is 1.00. The Kier molecular flexibility index (Phi) is 3.85. The summed E-state index contributed by atoms with van der Waals surface area (Å²) in [7, 11) is -6.46. The summed E-state index contributed by atoms with van der Waals surface area (Å²) in [6.45, 7) is 0. The van der Waals surface area contributed by atoms with Gasteiger partial charge >= 0.3 is 23.3 Å². The maximum Gasteiger partial charge on any atom is 0.439 e. The molecule has 0 N–H and O–H groups in total. The zero-order valence-electron chi connectivity index (χ0n) is 7.00. The third kappa shape index (κ3) is 2.35. The van der Waals surface area contributed by atoms with Crippen LogP contribution in [0.15, 0.2) is 0 Å². The van der Waals surface area contributed by atoms with Gasteiger partial charge in [-0.3, -0.25) is 0 Å². The summed E-state index contributed by atoms with van der Waals surface area (Å²) in [6.07, 6.45) is -14.3. The minimum atomic E-state index is -7.21. The van der Waals surface area contributed by atoms with E-state index in [1.54, 1.807) is 0 Å². The highest BCUT2D eigenvalue weighted by atomic mass is 79.9. The van der Waals surface area contributed by atoms with Crippen LogP contribution < -0.4 is 0 Å². The lowest BCUT2D eigenvalue weighted by molar-refractivity contribution is -0.379. The summed E-state index contributed by atoms with van der Waals surface area (Å²) < 4.78 is 129. The second-order valence-corrected chi connectivity index (χ2v) is 6.55. The Morgan fingerprint density at radius 1 is 0.706 bits per heavy atom. The molecular weight excluding hydrogens is 363 g/mol. The van der Waals surface area contributed by atoms with Gasteiger partial charge in [0, 0.05) is 0 Å². The molecule has 0 aromatic carbocycles. The van der Waals surface area contributed by atoms with Gasteiger partial charge in [-0.1, -0.05) is 0 Å². The maximum atomic E-state index is 12.7. The van der Waals surface area contributed by atoms with Gasteiger partial charge in [-0.15, -0.1) is 0 Å². The monoisotopic (exact) mass is 362 g/mol. The van der Waals surface area contributed by atoms with Crippen LogP contribution in [0.25, 0.3) is 0 Å². The lowest BCUT2D eigenvalue weighted by atomic mass is 10.1. The first-order chi connectivity index (χ1) is 7.00. The van der Waals surface area contributed by atoms with Crippen molar-refractivity contribution in [2.45, 2.75) is 23.3 Å². The first kappa shape index (κ1) is 16.8. The van der Waals surface area contributed by atoms with Crippen molar-refractivity contribution in [1.82, 2.24) is 0 Å². The molecule has 104 valence electrons. The van der Waals surface area contributed by atoms with Crippen LogP contribution in [-0.4, -0.2) is 31.7 Å². The Balaban J connectivity index is 6.23. The van der Waals surface area contributed by atoms with Crippen LogP contribution in [0.1, 0.15) is 0 Å². The molecule has 0 atom stereocenters. The van der Waals surface area contributed by atoms with Gasteiger partial charge in [0.2, 0.25) is 0 Å². The zero-order chi connectivity index (χ0) is 14.5. The van der Waals surface area contributed by atoms with Crippen LogP contribution in [0.2, 0.25) is 0 Å². The molecule has 0 aromatic heterocycles. The third-order valence-electron chi connectivity index (χ3n) is 1.49. The maximum absolute atomic E-state index is 12.7. The van der Waals surface area contributed by atoms with Gasteiger partial charge in [0.15, 0.2) is 0 Å². The topological polar surface area (TPSA) is 34.1 Å². The standard InChI is InChI=1S/C4BrF9O2S/c5-17(15,16)4(13,14)1(6,2(7,8)9)3(10,11)12. The minimum absolute atomic E-state index is 0.903. The summed E-state index contributed by atoms with van der Waals surface area (Å²) in [4.78, 5) is 0. The molecule has 0 aromatic rings. The molecule has 0 unspecified atom stereocenters. The summed E-state index contributed by atoms with van der Waals surface area (Å²) in [5.41, 5.74) is -7.21. The van der Waals surface area contributed by atoms with Gasteiger partial charge in [-0.05, 0) is 0 Å². The fourth-order valence-electron chi connectivity index (χ4n) is 0.659. The molecule has 0 spiro atoms. The molecule has 0 saturated heterocycles. The lowest BCUT2D eigenvalue weighted by Gasteiger charge is -2.34. The van der Waals surface area contributed by atoms with Crippen LogP contribution in [0, 0.1) is 0 Å². The number of hydrogen-bond donors (Lipinski definition) is 0. The van der Waals surface area contributed by atoms with Gasteiger partial charge in [0.05, 0.1) is 14.8 Å². The highest BCUT2D eigenvalue weighted by Crippen LogP contribution is 2.57. The van der Waals surface area contributed by atoms with Crippen molar-refractivity contribution in [1.29, 1.82) is 0 Å². The van der Waals surface area contributed by atoms with Crippen LogP contribution >= 0.6 is 14.8 Å². The Labute approximate surface area is 94.9 Å². The molecule has 0 amide bonds. The Bertz CT molecular complexity index is 378. The van der Waals surface area contributed by atoms with Gasteiger partial charge in [-0.25, -0.2) is 12.8 Å².